The molecule has 1 fully saturated rings. The van der Waals surface area contributed by atoms with Crippen LogP contribution in [0.2, 0.25) is 0 Å². The molecule has 3 unspecified atom stereocenters. The summed E-state index contributed by atoms with van der Waals surface area (Å²) in [6.45, 7) is 6.00. The van der Waals surface area contributed by atoms with E-state index in [1.807, 2.05) is 13.8 Å². The Hall–Kier alpha value is -0.610. The Morgan fingerprint density at radius 3 is 2.69 bits per heavy atom. The maximum Gasteiger partial charge on any atom is 0.237 e. The highest BCUT2D eigenvalue weighted by molar-refractivity contribution is 5.81. The summed E-state index contributed by atoms with van der Waals surface area (Å²) < 4.78 is 0. The van der Waals surface area contributed by atoms with Crippen molar-refractivity contribution < 1.29 is 9.90 Å². The average molecular weight is 228 g/mol. The van der Waals surface area contributed by atoms with Crippen LogP contribution in [0.3, 0.4) is 0 Å². The molecule has 0 aromatic rings. The Balaban J connectivity index is 2.35. The highest BCUT2D eigenvalue weighted by Crippen LogP contribution is 2.40. The SMILES string of the molecule is CCCCC(N)C(=O)NC1CC(O)C1(C)C. The number of amides is 1. The zero-order valence-corrected chi connectivity index (χ0v) is 10.5. The second-order valence-corrected chi connectivity index (χ2v) is 5.38. The fourth-order valence-corrected chi connectivity index (χ4v) is 1.98. The fraction of sp³-hybridized carbons (Fsp3) is 0.917. The largest absolute Gasteiger partial charge is 0.392 e. The quantitative estimate of drug-likeness (QED) is 0.651. The van der Waals surface area contributed by atoms with E-state index in [4.69, 9.17) is 5.73 Å². The molecule has 4 nitrogen and oxygen atoms in total. The zero-order valence-electron chi connectivity index (χ0n) is 10.5. The Kier molecular flexibility index (Phi) is 4.33. The third-order valence-corrected chi connectivity index (χ3v) is 3.74. The van der Waals surface area contributed by atoms with Crippen LogP contribution in [-0.2, 0) is 4.79 Å². The van der Waals surface area contributed by atoms with Gasteiger partial charge in [-0.15, -0.1) is 0 Å². The molecular formula is C12H24N2O2. The second kappa shape index (κ2) is 5.15. The standard InChI is InChI=1S/C12H24N2O2/c1-4-5-6-8(13)11(16)14-9-7-10(15)12(9,2)3/h8-10,15H,4-7,13H2,1-3H3,(H,14,16). The number of rotatable bonds is 5. The third kappa shape index (κ3) is 2.74. The molecule has 94 valence electrons. The maximum atomic E-state index is 11.7. The summed E-state index contributed by atoms with van der Waals surface area (Å²) in [5.41, 5.74) is 5.56. The summed E-state index contributed by atoms with van der Waals surface area (Å²) in [5.74, 6) is -0.0848. The molecular weight excluding hydrogens is 204 g/mol. The van der Waals surface area contributed by atoms with Crippen LogP contribution in [0.5, 0.6) is 0 Å². The molecule has 0 aromatic heterocycles. The summed E-state index contributed by atoms with van der Waals surface area (Å²) in [6.07, 6.45) is 3.08. The Morgan fingerprint density at radius 1 is 1.62 bits per heavy atom. The first kappa shape index (κ1) is 13.5. The molecule has 0 heterocycles. The topological polar surface area (TPSA) is 75.4 Å². The number of carbonyl (C=O) groups excluding carboxylic acids is 1. The molecule has 4 heteroatoms. The number of unbranched alkanes of at least 4 members (excludes halogenated alkanes) is 1. The monoisotopic (exact) mass is 228 g/mol. The molecule has 1 rings (SSSR count). The number of nitrogens with one attached hydrogen (secondary N) is 1. The Labute approximate surface area is 97.6 Å². The fourth-order valence-electron chi connectivity index (χ4n) is 1.98. The minimum atomic E-state index is -0.409. The Bertz CT molecular complexity index is 253. The molecule has 1 aliphatic rings. The van der Waals surface area contributed by atoms with Gasteiger partial charge in [0, 0.05) is 11.5 Å². The van der Waals surface area contributed by atoms with Gasteiger partial charge in [-0.3, -0.25) is 4.79 Å². The van der Waals surface area contributed by atoms with Gasteiger partial charge in [0.1, 0.15) is 0 Å². The average Bonchev–Trinajstić information content (AvgIpc) is 2.25. The van der Waals surface area contributed by atoms with E-state index in [0.29, 0.717) is 6.42 Å². The van der Waals surface area contributed by atoms with Crippen LogP contribution >= 0.6 is 0 Å². The number of carbonyl (C=O) groups is 1. The van der Waals surface area contributed by atoms with E-state index in [1.54, 1.807) is 0 Å². The molecule has 1 aliphatic carbocycles. The van der Waals surface area contributed by atoms with Gasteiger partial charge in [0.2, 0.25) is 5.91 Å². The Morgan fingerprint density at radius 2 is 2.25 bits per heavy atom. The highest BCUT2D eigenvalue weighted by Gasteiger charge is 2.48. The van der Waals surface area contributed by atoms with E-state index >= 15 is 0 Å². The third-order valence-electron chi connectivity index (χ3n) is 3.74. The van der Waals surface area contributed by atoms with Crippen molar-refractivity contribution in [2.45, 2.75) is 64.6 Å². The number of nitrogens with two attached hydrogens (primary N) is 1. The van der Waals surface area contributed by atoms with E-state index in [9.17, 15) is 9.90 Å². The van der Waals surface area contributed by atoms with Gasteiger partial charge >= 0.3 is 0 Å². The van der Waals surface area contributed by atoms with Gasteiger partial charge in [0.05, 0.1) is 12.1 Å². The van der Waals surface area contributed by atoms with E-state index < -0.39 is 6.04 Å². The van der Waals surface area contributed by atoms with E-state index in [2.05, 4.69) is 12.2 Å². The molecule has 0 saturated heterocycles. The lowest BCUT2D eigenvalue weighted by Crippen LogP contribution is -2.62. The summed E-state index contributed by atoms with van der Waals surface area (Å²) in [4.78, 5) is 11.7. The lowest BCUT2D eigenvalue weighted by Gasteiger charge is -2.49. The highest BCUT2D eigenvalue weighted by atomic mass is 16.3. The summed E-state index contributed by atoms with van der Waals surface area (Å²) in [6, 6.07) is -0.351. The lowest BCUT2D eigenvalue weighted by atomic mass is 9.64. The number of aliphatic hydroxyl groups excluding tert-OH is 1. The van der Waals surface area contributed by atoms with Crippen LogP contribution in [0.4, 0.5) is 0 Å². The van der Waals surface area contributed by atoms with Crippen molar-refractivity contribution in [1.29, 1.82) is 0 Å². The van der Waals surface area contributed by atoms with Crippen molar-refractivity contribution in [2.75, 3.05) is 0 Å². The van der Waals surface area contributed by atoms with Gasteiger partial charge in [-0.05, 0) is 12.8 Å². The van der Waals surface area contributed by atoms with E-state index in [0.717, 1.165) is 19.3 Å². The van der Waals surface area contributed by atoms with E-state index in [1.165, 1.54) is 0 Å². The first-order chi connectivity index (χ1) is 7.39. The normalized spacial score (nSPS) is 29.3. The predicted molar refractivity (Wildman–Crippen MR) is 63.8 cm³/mol. The van der Waals surface area contributed by atoms with Crippen LogP contribution in [0.15, 0.2) is 0 Å². The van der Waals surface area contributed by atoms with Gasteiger partial charge in [0.15, 0.2) is 0 Å². The van der Waals surface area contributed by atoms with Gasteiger partial charge in [-0.2, -0.15) is 0 Å². The molecule has 3 atom stereocenters. The number of hydrogen-bond donors (Lipinski definition) is 3. The van der Waals surface area contributed by atoms with Crippen LogP contribution in [-0.4, -0.2) is 29.2 Å². The van der Waals surface area contributed by atoms with Gasteiger partial charge in [-0.1, -0.05) is 33.6 Å². The van der Waals surface area contributed by atoms with Gasteiger partial charge < -0.3 is 16.2 Å². The molecule has 1 saturated carbocycles. The van der Waals surface area contributed by atoms with Crippen molar-refractivity contribution in [3.63, 3.8) is 0 Å². The minimum absolute atomic E-state index is 0.0580. The van der Waals surface area contributed by atoms with Crippen molar-refractivity contribution >= 4 is 5.91 Å². The second-order valence-electron chi connectivity index (χ2n) is 5.38. The van der Waals surface area contributed by atoms with Crippen molar-refractivity contribution in [2.24, 2.45) is 11.1 Å². The lowest BCUT2D eigenvalue weighted by molar-refractivity contribution is -0.130. The van der Waals surface area contributed by atoms with Gasteiger partial charge in [0.25, 0.3) is 0 Å². The molecule has 0 spiro atoms. The van der Waals surface area contributed by atoms with Crippen LogP contribution < -0.4 is 11.1 Å². The number of hydrogen-bond acceptors (Lipinski definition) is 3. The zero-order chi connectivity index (χ0) is 12.3. The minimum Gasteiger partial charge on any atom is -0.392 e. The number of aliphatic hydroxyl groups is 1. The molecule has 1 amide bonds. The van der Waals surface area contributed by atoms with Crippen molar-refractivity contribution in [1.82, 2.24) is 5.32 Å². The van der Waals surface area contributed by atoms with Crippen molar-refractivity contribution in [3.05, 3.63) is 0 Å². The van der Waals surface area contributed by atoms with Crippen LogP contribution in [0.25, 0.3) is 0 Å². The maximum absolute atomic E-state index is 11.7. The van der Waals surface area contributed by atoms with Gasteiger partial charge in [-0.25, -0.2) is 0 Å². The molecule has 4 N–H and O–H groups in total. The van der Waals surface area contributed by atoms with Crippen molar-refractivity contribution in [3.8, 4) is 0 Å². The molecule has 0 bridgehead atoms. The predicted octanol–water partition coefficient (Wildman–Crippen LogP) is 0.779. The van der Waals surface area contributed by atoms with Crippen LogP contribution in [0, 0.1) is 5.41 Å². The molecule has 0 radical (unpaired) electrons. The molecule has 16 heavy (non-hydrogen) atoms. The summed E-state index contributed by atoms with van der Waals surface area (Å²) in [7, 11) is 0. The summed E-state index contributed by atoms with van der Waals surface area (Å²) >= 11 is 0. The first-order valence-electron chi connectivity index (χ1n) is 6.13. The van der Waals surface area contributed by atoms with E-state index in [-0.39, 0.29) is 23.5 Å². The smallest absolute Gasteiger partial charge is 0.237 e. The van der Waals surface area contributed by atoms with Crippen LogP contribution in [0.1, 0.15) is 46.5 Å². The summed E-state index contributed by atoms with van der Waals surface area (Å²) in [5, 5.41) is 12.5. The molecule has 0 aromatic carbocycles. The first-order valence-corrected chi connectivity index (χ1v) is 6.13. The molecule has 0 aliphatic heterocycles.